The highest BCUT2D eigenvalue weighted by Crippen LogP contribution is 2.16. The molecule has 11 heteroatoms. The fraction of sp³-hybridized carbons (Fsp3) is 0.154. The lowest BCUT2D eigenvalue weighted by Gasteiger charge is -2.06. The molecule has 0 aliphatic heterocycles. The summed E-state index contributed by atoms with van der Waals surface area (Å²) < 4.78 is 22.3. The topological polar surface area (TPSA) is 167 Å². The molecular formula is C13H16N6O3S2. The molecule has 0 aliphatic carbocycles. The third kappa shape index (κ3) is 5.37. The number of nitrogens with two attached hydrogens (primary N) is 3. The molecule has 2 rings (SSSR count). The zero-order chi connectivity index (χ0) is 17.7. The first-order valence-corrected chi connectivity index (χ1v) is 9.18. The van der Waals surface area contributed by atoms with Gasteiger partial charge in [0.1, 0.15) is 11.6 Å². The van der Waals surface area contributed by atoms with Crippen molar-refractivity contribution in [2.75, 3.05) is 17.2 Å². The Morgan fingerprint density at radius 3 is 2.25 bits per heavy atom. The van der Waals surface area contributed by atoms with Crippen molar-refractivity contribution in [1.29, 1.82) is 0 Å². The van der Waals surface area contributed by atoms with Gasteiger partial charge in [-0.3, -0.25) is 4.79 Å². The van der Waals surface area contributed by atoms with Gasteiger partial charge in [0, 0.05) is 12.6 Å². The fourth-order valence-corrected chi connectivity index (χ4v) is 2.92. The molecule has 0 saturated heterocycles. The molecule has 0 unspecified atom stereocenters. The summed E-state index contributed by atoms with van der Waals surface area (Å²) in [5.74, 6) is 0.332. The van der Waals surface area contributed by atoms with Crippen LogP contribution in [0.3, 0.4) is 0 Å². The summed E-state index contributed by atoms with van der Waals surface area (Å²) in [6.07, 6.45) is 0. The highest BCUT2D eigenvalue weighted by atomic mass is 32.2. The third-order valence-corrected chi connectivity index (χ3v) is 4.60. The lowest BCUT2D eigenvalue weighted by atomic mass is 10.2. The van der Waals surface area contributed by atoms with Crippen LogP contribution < -0.4 is 21.9 Å². The first-order chi connectivity index (χ1) is 11.2. The maximum atomic E-state index is 11.8. The molecule has 0 aliphatic rings. The summed E-state index contributed by atoms with van der Waals surface area (Å²) in [4.78, 5) is 19.8. The predicted octanol–water partition coefficient (Wildman–Crippen LogP) is -0.303. The van der Waals surface area contributed by atoms with E-state index in [0.29, 0.717) is 5.16 Å². The molecule has 1 heterocycles. The summed E-state index contributed by atoms with van der Waals surface area (Å²) in [7, 11) is -3.72. The first kappa shape index (κ1) is 18.0. The molecule has 0 spiro atoms. The van der Waals surface area contributed by atoms with Crippen LogP contribution in [0.25, 0.3) is 0 Å². The van der Waals surface area contributed by atoms with Gasteiger partial charge in [-0.2, -0.15) is 0 Å². The number of hydrogen-bond acceptors (Lipinski definition) is 8. The van der Waals surface area contributed by atoms with E-state index in [2.05, 4.69) is 15.3 Å². The Morgan fingerprint density at radius 2 is 1.71 bits per heavy atom. The summed E-state index contributed by atoms with van der Waals surface area (Å²) in [6, 6.07) is 7.35. The smallest absolute Gasteiger partial charge is 0.238 e. The van der Waals surface area contributed by atoms with Crippen molar-refractivity contribution < 1.29 is 13.2 Å². The third-order valence-electron chi connectivity index (χ3n) is 2.82. The van der Waals surface area contributed by atoms with Crippen LogP contribution in [0, 0.1) is 0 Å². The molecule has 0 radical (unpaired) electrons. The quantitative estimate of drug-likeness (QED) is 0.398. The maximum absolute atomic E-state index is 11.8. The summed E-state index contributed by atoms with van der Waals surface area (Å²) in [6.45, 7) is 0.254. The van der Waals surface area contributed by atoms with Gasteiger partial charge in [-0.1, -0.05) is 23.9 Å². The van der Waals surface area contributed by atoms with E-state index in [1.165, 1.54) is 18.2 Å². The Labute approximate surface area is 143 Å². The van der Waals surface area contributed by atoms with Crippen LogP contribution in [0.15, 0.2) is 40.4 Å². The van der Waals surface area contributed by atoms with Gasteiger partial charge in [0.05, 0.1) is 10.6 Å². The number of sulfonamides is 1. The van der Waals surface area contributed by atoms with Crippen LogP contribution in [0.2, 0.25) is 0 Å². The van der Waals surface area contributed by atoms with E-state index in [-0.39, 0.29) is 34.7 Å². The summed E-state index contributed by atoms with van der Waals surface area (Å²) >= 11 is 1.11. The van der Waals surface area contributed by atoms with Crippen molar-refractivity contribution in [2.45, 2.75) is 16.6 Å². The number of nitrogen functional groups attached to an aromatic ring is 2. The minimum Gasteiger partial charge on any atom is -0.383 e. The number of thioether (sulfide) groups is 1. The Balaban J connectivity index is 1.85. The normalized spacial score (nSPS) is 11.2. The van der Waals surface area contributed by atoms with Crippen LogP contribution in [0.1, 0.15) is 5.56 Å². The minimum absolute atomic E-state index is 0.0181. The van der Waals surface area contributed by atoms with E-state index in [4.69, 9.17) is 16.6 Å². The number of nitrogens with zero attached hydrogens (tertiary/aromatic N) is 2. The Bertz CT molecular complexity index is 819. The zero-order valence-electron chi connectivity index (χ0n) is 12.5. The maximum Gasteiger partial charge on any atom is 0.238 e. The zero-order valence-corrected chi connectivity index (χ0v) is 14.1. The molecule has 0 atom stereocenters. The number of rotatable bonds is 6. The van der Waals surface area contributed by atoms with E-state index in [0.717, 1.165) is 17.3 Å². The Hall–Kier alpha value is -2.37. The average molecular weight is 368 g/mol. The van der Waals surface area contributed by atoms with Gasteiger partial charge in [0.2, 0.25) is 15.9 Å². The average Bonchev–Trinajstić information content (AvgIpc) is 2.49. The lowest BCUT2D eigenvalue weighted by molar-refractivity contribution is -0.118. The molecule has 1 aromatic carbocycles. The lowest BCUT2D eigenvalue weighted by Crippen LogP contribution is -2.24. The molecule has 9 nitrogen and oxygen atoms in total. The molecule has 24 heavy (non-hydrogen) atoms. The van der Waals surface area contributed by atoms with Crippen LogP contribution in [0.4, 0.5) is 11.6 Å². The minimum atomic E-state index is -3.72. The number of benzene rings is 1. The highest BCUT2D eigenvalue weighted by Gasteiger charge is 2.08. The summed E-state index contributed by atoms with van der Waals surface area (Å²) in [5.41, 5.74) is 11.8. The molecule has 0 fully saturated rings. The number of amides is 1. The number of carbonyl (C=O) groups excluding carboxylic acids is 1. The fourth-order valence-electron chi connectivity index (χ4n) is 1.71. The summed E-state index contributed by atoms with van der Waals surface area (Å²) in [5, 5.41) is 8.03. The van der Waals surface area contributed by atoms with Crippen molar-refractivity contribution >= 4 is 39.3 Å². The first-order valence-electron chi connectivity index (χ1n) is 6.65. The largest absolute Gasteiger partial charge is 0.383 e. The number of carbonyl (C=O) groups is 1. The Kier molecular flexibility index (Phi) is 5.59. The van der Waals surface area contributed by atoms with E-state index >= 15 is 0 Å². The number of hydrogen-bond donors (Lipinski definition) is 4. The van der Waals surface area contributed by atoms with Gasteiger partial charge in [0.15, 0.2) is 5.16 Å². The number of primary sulfonamides is 1. The van der Waals surface area contributed by atoms with Gasteiger partial charge >= 0.3 is 0 Å². The van der Waals surface area contributed by atoms with Gasteiger partial charge in [-0.15, -0.1) is 0 Å². The van der Waals surface area contributed by atoms with Crippen molar-refractivity contribution in [3.05, 3.63) is 35.9 Å². The van der Waals surface area contributed by atoms with Crippen LogP contribution in [-0.4, -0.2) is 30.0 Å². The van der Waals surface area contributed by atoms with Crippen molar-refractivity contribution in [3.63, 3.8) is 0 Å². The van der Waals surface area contributed by atoms with Gasteiger partial charge in [0.25, 0.3) is 0 Å². The predicted molar refractivity (Wildman–Crippen MR) is 91.2 cm³/mol. The number of anilines is 2. The van der Waals surface area contributed by atoms with Crippen LogP contribution >= 0.6 is 11.8 Å². The molecule has 2 aromatic rings. The van der Waals surface area contributed by atoms with Crippen LogP contribution in [-0.2, 0) is 21.4 Å². The van der Waals surface area contributed by atoms with E-state index in [9.17, 15) is 13.2 Å². The molecule has 0 bridgehead atoms. The highest BCUT2D eigenvalue weighted by molar-refractivity contribution is 7.99. The second kappa shape index (κ2) is 7.47. The van der Waals surface area contributed by atoms with E-state index in [1.54, 1.807) is 12.1 Å². The monoisotopic (exact) mass is 368 g/mol. The van der Waals surface area contributed by atoms with Gasteiger partial charge in [-0.25, -0.2) is 23.5 Å². The number of nitrogens with one attached hydrogen (secondary N) is 1. The SMILES string of the molecule is Nc1cc(N)nc(SCC(=O)NCc2ccc(S(N)(=O)=O)cc2)n1. The van der Waals surface area contributed by atoms with Gasteiger partial charge < -0.3 is 16.8 Å². The second-order valence-electron chi connectivity index (χ2n) is 4.75. The Morgan fingerprint density at radius 1 is 1.12 bits per heavy atom. The molecule has 128 valence electrons. The number of aromatic nitrogens is 2. The van der Waals surface area contributed by atoms with Crippen molar-refractivity contribution in [2.24, 2.45) is 5.14 Å². The molecule has 7 N–H and O–H groups in total. The molecule has 1 aromatic heterocycles. The van der Waals surface area contributed by atoms with Crippen LogP contribution in [0.5, 0.6) is 0 Å². The van der Waals surface area contributed by atoms with E-state index < -0.39 is 10.0 Å². The molecule has 1 amide bonds. The molecule has 0 saturated carbocycles. The van der Waals surface area contributed by atoms with E-state index in [1.807, 2.05) is 0 Å². The standard InChI is InChI=1S/C13H16N6O3S2/c14-10-5-11(15)19-13(18-10)23-7-12(20)17-6-8-1-3-9(4-2-8)24(16,21)22/h1-5H,6-7H2,(H,17,20)(H2,16,21,22)(H4,14,15,18,19). The second-order valence-corrected chi connectivity index (χ2v) is 7.26. The van der Waals surface area contributed by atoms with Crippen molar-refractivity contribution in [3.8, 4) is 0 Å². The molecular weight excluding hydrogens is 352 g/mol. The van der Waals surface area contributed by atoms with Crippen molar-refractivity contribution in [1.82, 2.24) is 15.3 Å². The van der Waals surface area contributed by atoms with Gasteiger partial charge in [-0.05, 0) is 17.7 Å².